The fraction of sp³-hybridized carbons (Fsp3) is 0. The second-order valence-electron chi connectivity index (χ2n) is 7.07. The quantitative estimate of drug-likeness (QED) is 0.333. The Bertz CT molecular complexity index is 1510. The first-order valence-electron chi connectivity index (χ1n) is 9.60. The van der Waals surface area contributed by atoms with Crippen LogP contribution in [0.3, 0.4) is 0 Å². The molecule has 3 aromatic heterocycles. The van der Waals surface area contributed by atoms with Crippen LogP contribution in [-0.2, 0) is 0 Å². The first-order chi connectivity index (χ1) is 14.4. The van der Waals surface area contributed by atoms with E-state index in [9.17, 15) is 0 Å². The molecule has 0 aliphatic rings. The summed E-state index contributed by atoms with van der Waals surface area (Å²) in [4.78, 5) is 9.16. The molecule has 0 unspecified atom stereocenters. The van der Waals surface area contributed by atoms with Gasteiger partial charge in [0.05, 0.1) is 5.69 Å². The maximum Gasteiger partial charge on any atom is 0.227 e. The summed E-state index contributed by atoms with van der Waals surface area (Å²) in [6, 6.07) is 29.1. The lowest BCUT2D eigenvalue weighted by Gasteiger charge is -2.12. The van der Waals surface area contributed by atoms with Crippen LogP contribution in [0.5, 0.6) is 0 Å². The zero-order valence-electron chi connectivity index (χ0n) is 15.5. The van der Waals surface area contributed by atoms with Crippen molar-refractivity contribution < 1.29 is 4.42 Å². The van der Waals surface area contributed by atoms with Crippen molar-refractivity contribution in [2.75, 3.05) is 0 Å². The van der Waals surface area contributed by atoms with Crippen molar-refractivity contribution in [3.8, 4) is 22.4 Å². The van der Waals surface area contributed by atoms with Gasteiger partial charge in [-0.2, -0.15) is 0 Å². The van der Waals surface area contributed by atoms with Crippen LogP contribution in [0.15, 0.2) is 102 Å². The van der Waals surface area contributed by atoms with Gasteiger partial charge in [0.25, 0.3) is 0 Å². The maximum absolute atomic E-state index is 6.17. The molecule has 29 heavy (non-hydrogen) atoms. The number of aromatic nitrogens is 2. The second-order valence-corrected chi connectivity index (χ2v) is 7.07. The zero-order valence-corrected chi connectivity index (χ0v) is 15.5. The predicted octanol–water partition coefficient (Wildman–Crippen LogP) is 6.86. The molecule has 3 nitrogen and oxygen atoms in total. The van der Waals surface area contributed by atoms with Crippen LogP contribution in [0.25, 0.3) is 55.2 Å². The van der Waals surface area contributed by atoms with Crippen molar-refractivity contribution in [1.29, 1.82) is 0 Å². The summed E-state index contributed by atoms with van der Waals surface area (Å²) in [6.45, 7) is 0. The van der Waals surface area contributed by atoms with Crippen molar-refractivity contribution >= 4 is 32.8 Å². The van der Waals surface area contributed by atoms with Gasteiger partial charge in [-0.15, -0.1) is 0 Å². The third kappa shape index (κ3) is 2.44. The van der Waals surface area contributed by atoms with Gasteiger partial charge in [-0.1, -0.05) is 60.7 Å². The smallest absolute Gasteiger partial charge is 0.227 e. The number of rotatable bonds is 2. The van der Waals surface area contributed by atoms with Gasteiger partial charge >= 0.3 is 0 Å². The minimum Gasteiger partial charge on any atom is -0.437 e. The Morgan fingerprint density at radius 1 is 0.517 bits per heavy atom. The lowest BCUT2D eigenvalue weighted by Crippen LogP contribution is -1.90. The van der Waals surface area contributed by atoms with Crippen molar-refractivity contribution in [2.45, 2.75) is 0 Å². The van der Waals surface area contributed by atoms with Crippen LogP contribution in [0.2, 0.25) is 0 Å². The summed E-state index contributed by atoms with van der Waals surface area (Å²) >= 11 is 0. The van der Waals surface area contributed by atoms with Crippen LogP contribution in [0.1, 0.15) is 0 Å². The van der Waals surface area contributed by atoms with Gasteiger partial charge in [0.1, 0.15) is 5.58 Å². The highest BCUT2D eigenvalue weighted by Crippen LogP contribution is 2.39. The van der Waals surface area contributed by atoms with E-state index in [4.69, 9.17) is 9.40 Å². The molecule has 0 radical (unpaired) electrons. The van der Waals surface area contributed by atoms with E-state index in [-0.39, 0.29) is 0 Å². The van der Waals surface area contributed by atoms with Crippen molar-refractivity contribution in [3.05, 3.63) is 97.3 Å². The van der Waals surface area contributed by atoms with E-state index in [1.807, 2.05) is 24.4 Å². The number of nitrogens with zero attached hydrogens (tertiary/aromatic N) is 2. The molecule has 6 rings (SSSR count). The Hall–Kier alpha value is -3.98. The Kier molecular flexibility index (Phi) is 3.47. The van der Waals surface area contributed by atoms with E-state index >= 15 is 0 Å². The average molecular weight is 372 g/mol. The topological polar surface area (TPSA) is 38.9 Å². The molecule has 0 aliphatic heterocycles. The second kappa shape index (κ2) is 6.28. The average Bonchev–Trinajstić information content (AvgIpc) is 3.18. The number of hydrogen-bond acceptors (Lipinski definition) is 3. The lowest BCUT2D eigenvalue weighted by atomic mass is 9.94. The Morgan fingerprint density at radius 3 is 2.21 bits per heavy atom. The zero-order chi connectivity index (χ0) is 19.2. The third-order valence-electron chi connectivity index (χ3n) is 5.42. The SMILES string of the molecule is c1cnc(-c2cccc3c2oc2ncccc23)c(-c2cccc3ccccc23)c1. The highest BCUT2D eigenvalue weighted by atomic mass is 16.3. The van der Waals surface area contributed by atoms with E-state index in [2.05, 4.69) is 71.7 Å². The molecule has 3 heteroatoms. The summed E-state index contributed by atoms with van der Waals surface area (Å²) in [5, 5.41) is 4.50. The number of fused-ring (bicyclic) bond motifs is 4. The molecule has 0 amide bonds. The Balaban J connectivity index is 1.68. The highest BCUT2D eigenvalue weighted by molar-refractivity contribution is 6.10. The molecule has 0 fully saturated rings. The first kappa shape index (κ1) is 16.0. The molecule has 0 saturated heterocycles. The van der Waals surface area contributed by atoms with Crippen LogP contribution in [0.4, 0.5) is 0 Å². The van der Waals surface area contributed by atoms with E-state index in [0.717, 1.165) is 38.7 Å². The van der Waals surface area contributed by atoms with Gasteiger partial charge in [-0.05, 0) is 40.6 Å². The van der Waals surface area contributed by atoms with Crippen LogP contribution in [0, 0.1) is 0 Å². The summed E-state index contributed by atoms with van der Waals surface area (Å²) in [6.07, 6.45) is 3.59. The molecule has 0 aliphatic carbocycles. The maximum atomic E-state index is 6.17. The monoisotopic (exact) mass is 372 g/mol. The summed E-state index contributed by atoms with van der Waals surface area (Å²) < 4.78 is 6.17. The molecule has 3 heterocycles. The molecule has 0 saturated carbocycles. The lowest BCUT2D eigenvalue weighted by molar-refractivity contribution is 0.655. The van der Waals surface area contributed by atoms with Gasteiger partial charge in [0, 0.05) is 34.3 Å². The van der Waals surface area contributed by atoms with Crippen LogP contribution in [-0.4, -0.2) is 9.97 Å². The van der Waals surface area contributed by atoms with Gasteiger partial charge in [-0.3, -0.25) is 4.98 Å². The van der Waals surface area contributed by atoms with Gasteiger partial charge in [-0.25, -0.2) is 4.98 Å². The highest BCUT2D eigenvalue weighted by Gasteiger charge is 2.17. The van der Waals surface area contributed by atoms with Gasteiger partial charge in [0.2, 0.25) is 5.71 Å². The molecule has 0 atom stereocenters. The number of hydrogen-bond donors (Lipinski definition) is 0. The fourth-order valence-corrected chi connectivity index (χ4v) is 4.12. The van der Waals surface area contributed by atoms with Gasteiger partial charge < -0.3 is 4.42 Å². The minimum absolute atomic E-state index is 0.651. The molecule has 0 N–H and O–H groups in total. The minimum atomic E-state index is 0.651. The molecule has 6 aromatic rings. The number of para-hydroxylation sites is 1. The Morgan fingerprint density at radius 2 is 1.21 bits per heavy atom. The van der Waals surface area contributed by atoms with Crippen molar-refractivity contribution in [2.24, 2.45) is 0 Å². The van der Waals surface area contributed by atoms with Crippen LogP contribution >= 0.6 is 0 Å². The van der Waals surface area contributed by atoms with E-state index in [1.54, 1.807) is 6.20 Å². The third-order valence-corrected chi connectivity index (χ3v) is 5.42. The molecule has 0 spiro atoms. The van der Waals surface area contributed by atoms with E-state index in [0.29, 0.717) is 5.71 Å². The predicted molar refractivity (Wildman–Crippen MR) is 118 cm³/mol. The largest absolute Gasteiger partial charge is 0.437 e. The molecular weight excluding hydrogens is 356 g/mol. The summed E-state index contributed by atoms with van der Waals surface area (Å²) in [7, 11) is 0. The standard InChI is InChI=1S/C26H16N2O/c1-2-9-18-17(7-1)8-3-10-19(18)20-13-5-15-27-24(20)23-12-4-11-21-22-14-6-16-28-26(22)29-25(21)23/h1-16H. The number of benzene rings is 3. The molecule has 3 aromatic carbocycles. The molecule has 136 valence electrons. The van der Waals surface area contributed by atoms with Crippen molar-refractivity contribution in [1.82, 2.24) is 9.97 Å². The number of pyridine rings is 2. The van der Waals surface area contributed by atoms with Gasteiger partial charge in [0.15, 0.2) is 0 Å². The number of furan rings is 1. The first-order valence-corrected chi connectivity index (χ1v) is 9.60. The van der Waals surface area contributed by atoms with E-state index < -0.39 is 0 Å². The summed E-state index contributed by atoms with van der Waals surface area (Å²) in [5.41, 5.74) is 5.61. The summed E-state index contributed by atoms with van der Waals surface area (Å²) in [5.74, 6) is 0. The van der Waals surface area contributed by atoms with Crippen LogP contribution < -0.4 is 0 Å². The van der Waals surface area contributed by atoms with Crippen molar-refractivity contribution in [3.63, 3.8) is 0 Å². The van der Waals surface area contributed by atoms with E-state index in [1.165, 1.54) is 10.8 Å². The molecule has 0 bridgehead atoms. The Labute approximate surface area is 167 Å². The molecular formula is C26H16N2O. The fourth-order valence-electron chi connectivity index (χ4n) is 4.12. The normalized spacial score (nSPS) is 11.4.